The lowest BCUT2D eigenvalue weighted by Crippen LogP contribution is -2.18. The van der Waals surface area contributed by atoms with Crippen molar-refractivity contribution in [2.45, 2.75) is 26.1 Å². The fraction of sp³-hybridized carbons (Fsp3) is 0.227. The number of rotatable bonds is 8. The SMILES string of the molecule is CC(O)CNc1nc(NCc2cccc(Cl)c2N)c2ncn(Cc3ccccc3)c2n1. The first-order valence-electron chi connectivity index (χ1n) is 9.96. The first kappa shape index (κ1) is 20.9. The second-order valence-corrected chi connectivity index (χ2v) is 7.73. The summed E-state index contributed by atoms with van der Waals surface area (Å²) in [7, 11) is 0. The van der Waals surface area contributed by atoms with Gasteiger partial charge in [-0.2, -0.15) is 9.97 Å². The summed E-state index contributed by atoms with van der Waals surface area (Å²) in [5, 5.41) is 16.5. The fourth-order valence-electron chi connectivity index (χ4n) is 3.20. The van der Waals surface area contributed by atoms with Crippen LogP contribution >= 0.6 is 11.6 Å². The van der Waals surface area contributed by atoms with E-state index in [-0.39, 0.29) is 0 Å². The Bertz CT molecular complexity index is 1180. The molecule has 0 spiro atoms. The van der Waals surface area contributed by atoms with Gasteiger partial charge in [-0.3, -0.25) is 0 Å². The molecule has 1 atom stereocenters. The monoisotopic (exact) mass is 437 g/mol. The zero-order chi connectivity index (χ0) is 21.8. The van der Waals surface area contributed by atoms with Crippen molar-refractivity contribution in [2.75, 3.05) is 22.9 Å². The van der Waals surface area contributed by atoms with Crippen molar-refractivity contribution >= 4 is 40.2 Å². The molecule has 4 aromatic rings. The summed E-state index contributed by atoms with van der Waals surface area (Å²) in [6.45, 7) is 3.09. The number of benzene rings is 2. The van der Waals surface area contributed by atoms with Gasteiger partial charge in [0.15, 0.2) is 17.0 Å². The standard InChI is InChI=1S/C22H24ClN7O/c1-14(31)10-26-22-28-20(25-11-16-8-5-9-17(23)18(16)24)19-21(29-22)30(13-27-19)12-15-6-3-2-4-7-15/h2-9,13-14,31H,10-12,24H2,1H3,(H2,25,26,28,29). The molecule has 0 aliphatic carbocycles. The van der Waals surface area contributed by atoms with Gasteiger partial charge in [0, 0.05) is 13.1 Å². The largest absolute Gasteiger partial charge is 0.397 e. The highest BCUT2D eigenvalue weighted by molar-refractivity contribution is 6.33. The molecule has 9 heteroatoms. The van der Waals surface area contributed by atoms with E-state index in [1.54, 1.807) is 19.3 Å². The van der Waals surface area contributed by atoms with Crippen molar-refractivity contribution < 1.29 is 5.11 Å². The van der Waals surface area contributed by atoms with Gasteiger partial charge in [0.1, 0.15) is 0 Å². The molecule has 31 heavy (non-hydrogen) atoms. The molecule has 0 saturated heterocycles. The lowest BCUT2D eigenvalue weighted by molar-refractivity contribution is 0.208. The Morgan fingerprint density at radius 3 is 2.68 bits per heavy atom. The number of hydrogen-bond acceptors (Lipinski definition) is 7. The van der Waals surface area contributed by atoms with E-state index in [0.29, 0.717) is 53.3 Å². The molecule has 4 rings (SSSR count). The van der Waals surface area contributed by atoms with Crippen molar-refractivity contribution in [1.29, 1.82) is 0 Å². The van der Waals surface area contributed by atoms with E-state index < -0.39 is 6.10 Å². The molecule has 160 valence electrons. The first-order chi connectivity index (χ1) is 15.0. The van der Waals surface area contributed by atoms with E-state index in [1.807, 2.05) is 34.9 Å². The first-order valence-corrected chi connectivity index (χ1v) is 10.3. The van der Waals surface area contributed by atoms with Crippen LogP contribution in [0.15, 0.2) is 54.9 Å². The minimum absolute atomic E-state index is 0.332. The summed E-state index contributed by atoms with van der Waals surface area (Å²) in [5.41, 5.74) is 9.97. The van der Waals surface area contributed by atoms with Crippen LogP contribution in [0.25, 0.3) is 11.2 Å². The van der Waals surface area contributed by atoms with Gasteiger partial charge in [-0.25, -0.2) is 4.98 Å². The van der Waals surface area contributed by atoms with E-state index in [0.717, 1.165) is 11.1 Å². The number of hydrogen-bond donors (Lipinski definition) is 4. The van der Waals surface area contributed by atoms with E-state index in [2.05, 4.69) is 37.7 Å². The number of nitrogens with two attached hydrogens (primary N) is 1. The molecule has 0 radical (unpaired) electrons. The molecule has 2 aromatic carbocycles. The number of fused-ring (bicyclic) bond motifs is 1. The number of aromatic nitrogens is 4. The third kappa shape index (κ3) is 4.87. The van der Waals surface area contributed by atoms with Crippen LogP contribution in [0.5, 0.6) is 0 Å². The number of halogens is 1. The summed E-state index contributed by atoms with van der Waals surface area (Å²) in [6.07, 6.45) is 1.22. The molecule has 0 bridgehead atoms. The van der Waals surface area contributed by atoms with Gasteiger partial charge in [0.2, 0.25) is 5.95 Å². The van der Waals surface area contributed by atoms with Crippen LogP contribution in [0.1, 0.15) is 18.1 Å². The normalized spacial score (nSPS) is 12.1. The summed E-state index contributed by atoms with van der Waals surface area (Å²) >= 11 is 6.14. The predicted octanol–water partition coefficient (Wildman–Crippen LogP) is 3.52. The molecule has 0 aliphatic rings. The van der Waals surface area contributed by atoms with E-state index in [1.165, 1.54) is 0 Å². The maximum Gasteiger partial charge on any atom is 0.226 e. The molecule has 2 aromatic heterocycles. The molecule has 0 amide bonds. The average molecular weight is 438 g/mol. The number of nitrogen functional groups attached to an aromatic ring is 1. The lowest BCUT2D eigenvalue weighted by atomic mass is 10.2. The Morgan fingerprint density at radius 2 is 1.90 bits per heavy atom. The number of aliphatic hydroxyl groups is 1. The van der Waals surface area contributed by atoms with Gasteiger partial charge in [-0.1, -0.05) is 54.1 Å². The smallest absolute Gasteiger partial charge is 0.226 e. The molecule has 0 fully saturated rings. The molecule has 2 heterocycles. The van der Waals surface area contributed by atoms with Crippen LogP contribution in [-0.2, 0) is 13.1 Å². The number of anilines is 3. The van der Waals surface area contributed by atoms with E-state index in [4.69, 9.17) is 17.3 Å². The number of aliphatic hydroxyl groups excluding tert-OH is 1. The zero-order valence-electron chi connectivity index (χ0n) is 17.1. The van der Waals surface area contributed by atoms with E-state index in [9.17, 15) is 5.11 Å². The van der Waals surface area contributed by atoms with Gasteiger partial charge in [0.25, 0.3) is 0 Å². The van der Waals surface area contributed by atoms with Crippen LogP contribution in [-0.4, -0.2) is 37.3 Å². The minimum Gasteiger partial charge on any atom is -0.397 e. The maximum atomic E-state index is 9.64. The molecule has 5 N–H and O–H groups in total. The number of imidazole rings is 1. The second-order valence-electron chi connectivity index (χ2n) is 7.32. The zero-order valence-corrected chi connectivity index (χ0v) is 17.8. The molecular formula is C22H24ClN7O. The van der Waals surface area contributed by atoms with Crippen LogP contribution < -0.4 is 16.4 Å². The van der Waals surface area contributed by atoms with Crippen LogP contribution in [0, 0.1) is 0 Å². The molecule has 0 aliphatic heterocycles. The van der Waals surface area contributed by atoms with Gasteiger partial charge in [0.05, 0.1) is 29.7 Å². The number of nitrogens with zero attached hydrogens (tertiary/aromatic N) is 4. The average Bonchev–Trinajstić information content (AvgIpc) is 3.16. The molecular weight excluding hydrogens is 414 g/mol. The van der Waals surface area contributed by atoms with Crippen LogP contribution in [0.4, 0.5) is 17.5 Å². The lowest BCUT2D eigenvalue weighted by Gasteiger charge is -2.13. The number of para-hydroxylation sites is 1. The Hall–Kier alpha value is -3.36. The Balaban J connectivity index is 1.67. The quantitative estimate of drug-likeness (QED) is 0.312. The summed E-state index contributed by atoms with van der Waals surface area (Å²) in [5.74, 6) is 0.981. The fourth-order valence-corrected chi connectivity index (χ4v) is 3.39. The third-order valence-corrected chi connectivity index (χ3v) is 5.13. The van der Waals surface area contributed by atoms with Crippen LogP contribution in [0.3, 0.4) is 0 Å². The van der Waals surface area contributed by atoms with Gasteiger partial charge < -0.3 is 26.0 Å². The predicted molar refractivity (Wildman–Crippen MR) is 124 cm³/mol. The third-order valence-electron chi connectivity index (χ3n) is 4.80. The highest BCUT2D eigenvalue weighted by Crippen LogP contribution is 2.25. The Morgan fingerprint density at radius 1 is 1.10 bits per heavy atom. The summed E-state index contributed by atoms with van der Waals surface area (Å²) in [6, 6.07) is 15.6. The van der Waals surface area contributed by atoms with Crippen molar-refractivity contribution in [1.82, 2.24) is 19.5 Å². The highest BCUT2D eigenvalue weighted by atomic mass is 35.5. The number of nitrogens with one attached hydrogen (secondary N) is 2. The van der Waals surface area contributed by atoms with Crippen molar-refractivity contribution in [2.24, 2.45) is 0 Å². The Kier molecular flexibility index (Phi) is 6.20. The molecule has 8 nitrogen and oxygen atoms in total. The molecule has 0 saturated carbocycles. The van der Waals surface area contributed by atoms with Gasteiger partial charge in [-0.05, 0) is 24.1 Å². The van der Waals surface area contributed by atoms with Crippen molar-refractivity contribution in [3.63, 3.8) is 0 Å². The van der Waals surface area contributed by atoms with Gasteiger partial charge >= 0.3 is 0 Å². The second kappa shape index (κ2) is 9.20. The maximum absolute atomic E-state index is 9.64. The topological polar surface area (TPSA) is 114 Å². The minimum atomic E-state index is -0.531. The van der Waals surface area contributed by atoms with Crippen LogP contribution in [0.2, 0.25) is 5.02 Å². The summed E-state index contributed by atoms with van der Waals surface area (Å²) in [4.78, 5) is 13.7. The highest BCUT2D eigenvalue weighted by Gasteiger charge is 2.15. The molecule has 1 unspecified atom stereocenters. The van der Waals surface area contributed by atoms with Crippen molar-refractivity contribution in [3.8, 4) is 0 Å². The Labute approximate surface area is 185 Å². The van der Waals surface area contributed by atoms with Gasteiger partial charge in [-0.15, -0.1) is 0 Å². The van der Waals surface area contributed by atoms with Crippen molar-refractivity contribution in [3.05, 3.63) is 71.0 Å². The van der Waals surface area contributed by atoms with E-state index >= 15 is 0 Å². The summed E-state index contributed by atoms with van der Waals surface area (Å²) < 4.78 is 1.97.